The maximum absolute atomic E-state index is 12.6. The van der Waals surface area contributed by atoms with E-state index < -0.39 is 12.1 Å². The minimum absolute atomic E-state index is 0.0661. The number of amides is 2. The lowest BCUT2D eigenvalue weighted by Crippen LogP contribution is -2.56. The number of carbonyl (C=O) groups is 3. The number of carbonyl (C=O) groups excluding carboxylic acids is 2. The van der Waals surface area contributed by atoms with Gasteiger partial charge in [0, 0.05) is 56.6 Å². The molecule has 3 saturated heterocycles. The Labute approximate surface area is 195 Å². The van der Waals surface area contributed by atoms with Crippen LogP contribution in [-0.4, -0.2) is 87.1 Å². The van der Waals surface area contributed by atoms with Crippen LogP contribution >= 0.6 is 0 Å². The highest BCUT2D eigenvalue weighted by molar-refractivity contribution is 5.92. The number of hydrogen-bond acceptors (Lipinski definition) is 6. The topological polar surface area (TPSA) is 116 Å². The summed E-state index contributed by atoms with van der Waals surface area (Å²) in [6, 6.07) is 0. The Kier molecular flexibility index (Phi) is 7.79. The summed E-state index contributed by atoms with van der Waals surface area (Å²) in [5, 5.41) is 10.5. The number of piperidine rings is 1. The van der Waals surface area contributed by atoms with Crippen molar-refractivity contribution in [3.63, 3.8) is 0 Å². The smallest absolute Gasteiger partial charge is 0.475 e. The molecule has 1 spiro atoms. The summed E-state index contributed by atoms with van der Waals surface area (Å²) in [5.74, 6) is -1.48. The van der Waals surface area contributed by atoms with Crippen molar-refractivity contribution < 1.29 is 32.7 Å². The number of rotatable bonds is 4. The van der Waals surface area contributed by atoms with Gasteiger partial charge < -0.3 is 20.2 Å². The van der Waals surface area contributed by atoms with Gasteiger partial charge in [-0.1, -0.05) is 20.3 Å². The third-order valence-corrected chi connectivity index (χ3v) is 7.05. The molecule has 4 heterocycles. The van der Waals surface area contributed by atoms with Crippen molar-refractivity contribution in [2.75, 3.05) is 32.7 Å². The number of likely N-dealkylation sites (tertiary alicyclic amines) is 2. The van der Waals surface area contributed by atoms with Crippen LogP contribution in [-0.2, 0) is 9.59 Å². The normalized spacial score (nSPS) is 24.7. The van der Waals surface area contributed by atoms with E-state index in [2.05, 4.69) is 34.0 Å². The number of hydrogen-bond donors (Lipinski definition) is 2. The van der Waals surface area contributed by atoms with Gasteiger partial charge in [0.15, 0.2) is 0 Å². The summed E-state index contributed by atoms with van der Waals surface area (Å²) in [6.07, 6.45) is 2.37. The fourth-order valence-corrected chi connectivity index (χ4v) is 5.04. The first-order chi connectivity index (χ1) is 16.0. The molecule has 0 bridgehead atoms. The van der Waals surface area contributed by atoms with E-state index in [-0.39, 0.29) is 23.3 Å². The second kappa shape index (κ2) is 10.2. The van der Waals surface area contributed by atoms with Gasteiger partial charge in [0.1, 0.15) is 5.69 Å². The SMILES string of the molecule is CCC(C)CN1C[C@H]2C(=O)NC3(CCN(C(=O)c4cnccn4)CC3)[C@H]2C1.O=C(O)C(F)(F)F. The molecule has 4 rings (SSSR count). The molecule has 0 saturated carbocycles. The molecule has 34 heavy (non-hydrogen) atoms. The number of nitrogens with zero attached hydrogens (tertiary/aromatic N) is 4. The first-order valence-electron chi connectivity index (χ1n) is 11.4. The minimum Gasteiger partial charge on any atom is -0.475 e. The van der Waals surface area contributed by atoms with Gasteiger partial charge in [-0.15, -0.1) is 0 Å². The molecule has 0 radical (unpaired) electrons. The lowest BCUT2D eigenvalue weighted by atomic mass is 9.75. The summed E-state index contributed by atoms with van der Waals surface area (Å²) < 4.78 is 31.7. The maximum Gasteiger partial charge on any atom is 0.490 e. The summed E-state index contributed by atoms with van der Waals surface area (Å²) in [7, 11) is 0. The average Bonchev–Trinajstić information content (AvgIpc) is 3.33. The fraction of sp³-hybridized carbons (Fsp3) is 0.682. The average molecular weight is 486 g/mol. The number of aliphatic carboxylic acids is 1. The molecule has 12 heteroatoms. The second-order valence-corrected chi connectivity index (χ2v) is 9.28. The second-order valence-electron chi connectivity index (χ2n) is 9.28. The predicted octanol–water partition coefficient (Wildman–Crippen LogP) is 1.81. The number of carboxylic acid groups (broad SMARTS) is 1. The molecular weight excluding hydrogens is 455 g/mol. The molecule has 3 fully saturated rings. The van der Waals surface area contributed by atoms with E-state index in [9.17, 15) is 22.8 Å². The third kappa shape index (κ3) is 5.65. The van der Waals surface area contributed by atoms with Crippen LogP contribution in [0.5, 0.6) is 0 Å². The van der Waals surface area contributed by atoms with Crippen LogP contribution in [0, 0.1) is 17.8 Å². The summed E-state index contributed by atoms with van der Waals surface area (Å²) in [4.78, 5) is 46.6. The monoisotopic (exact) mass is 485 g/mol. The van der Waals surface area contributed by atoms with E-state index in [0.29, 0.717) is 30.6 Å². The maximum atomic E-state index is 12.6. The van der Waals surface area contributed by atoms with Gasteiger partial charge >= 0.3 is 12.1 Å². The lowest BCUT2D eigenvalue weighted by molar-refractivity contribution is -0.192. The highest BCUT2D eigenvalue weighted by Crippen LogP contribution is 2.44. The largest absolute Gasteiger partial charge is 0.490 e. The number of carboxylic acids is 1. The van der Waals surface area contributed by atoms with E-state index in [1.54, 1.807) is 12.4 Å². The van der Waals surface area contributed by atoms with Crippen molar-refractivity contribution in [3.05, 3.63) is 24.3 Å². The van der Waals surface area contributed by atoms with E-state index in [1.165, 1.54) is 12.6 Å². The Morgan fingerprint density at radius 1 is 1.26 bits per heavy atom. The van der Waals surface area contributed by atoms with Gasteiger partial charge in [-0.05, 0) is 18.8 Å². The first-order valence-corrected chi connectivity index (χ1v) is 11.4. The van der Waals surface area contributed by atoms with Crippen LogP contribution in [0.2, 0.25) is 0 Å². The van der Waals surface area contributed by atoms with Gasteiger partial charge in [0.25, 0.3) is 5.91 Å². The van der Waals surface area contributed by atoms with Crippen LogP contribution in [0.4, 0.5) is 13.2 Å². The molecule has 188 valence electrons. The van der Waals surface area contributed by atoms with Crippen LogP contribution < -0.4 is 5.32 Å². The number of aromatic nitrogens is 2. The zero-order chi connectivity index (χ0) is 25.1. The molecule has 1 aromatic rings. The predicted molar refractivity (Wildman–Crippen MR) is 115 cm³/mol. The molecule has 9 nitrogen and oxygen atoms in total. The Morgan fingerprint density at radius 3 is 2.44 bits per heavy atom. The first kappa shape index (κ1) is 25.9. The van der Waals surface area contributed by atoms with E-state index >= 15 is 0 Å². The zero-order valence-corrected chi connectivity index (χ0v) is 19.2. The van der Waals surface area contributed by atoms with Gasteiger partial charge in [-0.3, -0.25) is 14.6 Å². The standard InChI is InChI=1S/C20H29N5O2.C2HF3O2/c1-3-14(2)11-24-12-15-16(13-24)20(23-18(15)26)4-8-25(9-5-20)19(27)17-10-21-6-7-22-17;3-2(4,5)1(6)7/h6-7,10,14-16H,3-5,8-9,11-13H2,1-2H3,(H,23,26);(H,6,7)/t14?,15-,16+;/m1./s1. The fourth-order valence-electron chi connectivity index (χ4n) is 5.04. The quantitative estimate of drug-likeness (QED) is 0.668. The Morgan fingerprint density at radius 2 is 1.91 bits per heavy atom. The number of fused-ring (bicyclic) bond motifs is 2. The van der Waals surface area contributed by atoms with Crippen LogP contribution in [0.25, 0.3) is 0 Å². The zero-order valence-electron chi connectivity index (χ0n) is 19.2. The lowest BCUT2D eigenvalue weighted by Gasteiger charge is -2.42. The van der Waals surface area contributed by atoms with E-state index in [1.807, 2.05) is 4.90 Å². The van der Waals surface area contributed by atoms with Gasteiger partial charge in [-0.2, -0.15) is 13.2 Å². The van der Waals surface area contributed by atoms with Gasteiger partial charge in [0.2, 0.25) is 5.91 Å². The summed E-state index contributed by atoms with van der Waals surface area (Å²) in [6.45, 7) is 8.76. The van der Waals surface area contributed by atoms with Crippen molar-refractivity contribution in [2.24, 2.45) is 17.8 Å². The van der Waals surface area contributed by atoms with Crippen molar-refractivity contribution in [1.29, 1.82) is 0 Å². The van der Waals surface area contributed by atoms with Crippen LogP contribution in [0.1, 0.15) is 43.6 Å². The van der Waals surface area contributed by atoms with Crippen molar-refractivity contribution >= 4 is 17.8 Å². The Balaban J connectivity index is 0.000000406. The van der Waals surface area contributed by atoms with Crippen molar-refractivity contribution in [2.45, 2.75) is 44.8 Å². The Hall–Kier alpha value is -2.76. The van der Waals surface area contributed by atoms with Crippen molar-refractivity contribution in [3.8, 4) is 0 Å². The summed E-state index contributed by atoms with van der Waals surface area (Å²) >= 11 is 0. The molecule has 2 amide bonds. The molecule has 1 aromatic heterocycles. The molecule has 0 aromatic carbocycles. The highest BCUT2D eigenvalue weighted by atomic mass is 19.4. The minimum atomic E-state index is -5.08. The molecule has 3 aliphatic rings. The van der Waals surface area contributed by atoms with Crippen LogP contribution in [0.3, 0.4) is 0 Å². The Bertz CT molecular complexity index is 890. The molecule has 1 unspecified atom stereocenters. The molecule has 3 atom stereocenters. The third-order valence-electron chi connectivity index (χ3n) is 7.05. The molecule has 2 N–H and O–H groups in total. The van der Waals surface area contributed by atoms with Gasteiger partial charge in [-0.25, -0.2) is 9.78 Å². The van der Waals surface area contributed by atoms with E-state index in [4.69, 9.17) is 9.90 Å². The van der Waals surface area contributed by atoms with Gasteiger partial charge in [0.05, 0.1) is 12.1 Å². The molecular formula is C22H30F3N5O4. The molecule has 0 aliphatic carbocycles. The van der Waals surface area contributed by atoms with E-state index in [0.717, 1.165) is 32.5 Å². The van der Waals surface area contributed by atoms with Crippen LogP contribution in [0.15, 0.2) is 18.6 Å². The highest BCUT2D eigenvalue weighted by Gasteiger charge is 2.57. The molecule has 3 aliphatic heterocycles. The number of nitrogens with one attached hydrogen (secondary N) is 1. The number of halogens is 3. The summed E-state index contributed by atoms with van der Waals surface area (Å²) in [5.41, 5.74) is 0.243. The van der Waals surface area contributed by atoms with Crippen molar-refractivity contribution in [1.82, 2.24) is 25.1 Å². The number of alkyl halides is 3.